The summed E-state index contributed by atoms with van der Waals surface area (Å²) in [6.07, 6.45) is 0. The number of hydrogen-bond donors (Lipinski definition) is 2. The van der Waals surface area contributed by atoms with Gasteiger partial charge in [-0.25, -0.2) is 0 Å². The number of nitro groups is 1. The summed E-state index contributed by atoms with van der Waals surface area (Å²) in [6, 6.07) is 5.24. The Balaban J connectivity index is 2.72. The van der Waals surface area contributed by atoms with Crippen LogP contribution in [-0.2, 0) is 4.79 Å². The number of benzene rings is 1. The van der Waals surface area contributed by atoms with Crippen LogP contribution in [0.4, 0.5) is 5.69 Å². The molecule has 2 N–H and O–H groups in total. The lowest BCUT2D eigenvalue weighted by Gasteiger charge is -2.17. The lowest BCUT2D eigenvalue weighted by Crippen LogP contribution is -2.46. The van der Waals surface area contributed by atoms with Gasteiger partial charge in [-0.15, -0.1) is 0 Å². The van der Waals surface area contributed by atoms with Gasteiger partial charge in [-0.2, -0.15) is 0 Å². The van der Waals surface area contributed by atoms with Crippen molar-refractivity contribution in [1.82, 2.24) is 10.9 Å². The standard InChI is InChI=1S/C12H15N3O4/c1-12(2,3)11(17)14-13-10(16)8-5-4-6-9(7-8)15(18)19/h4-7H,1-3H3,(H,13,16)(H,14,17). The van der Waals surface area contributed by atoms with E-state index in [9.17, 15) is 19.7 Å². The van der Waals surface area contributed by atoms with Gasteiger partial charge in [-0.3, -0.25) is 30.6 Å². The lowest BCUT2D eigenvalue weighted by molar-refractivity contribution is -0.384. The van der Waals surface area contributed by atoms with Gasteiger partial charge in [0.2, 0.25) is 5.91 Å². The zero-order valence-electron chi connectivity index (χ0n) is 10.9. The average molecular weight is 265 g/mol. The van der Waals surface area contributed by atoms with E-state index >= 15 is 0 Å². The molecule has 1 rings (SSSR count). The minimum Gasteiger partial charge on any atom is -0.273 e. The van der Waals surface area contributed by atoms with E-state index in [0.717, 1.165) is 6.07 Å². The van der Waals surface area contributed by atoms with Gasteiger partial charge in [-0.05, 0) is 6.07 Å². The van der Waals surface area contributed by atoms with Crippen molar-refractivity contribution >= 4 is 17.5 Å². The summed E-state index contributed by atoms with van der Waals surface area (Å²) in [5.74, 6) is -0.965. The molecule has 0 radical (unpaired) electrons. The van der Waals surface area contributed by atoms with Crippen LogP contribution in [-0.4, -0.2) is 16.7 Å². The first kappa shape index (κ1) is 14.6. The summed E-state index contributed by atoms with van der Waals surface area (Å²) in [5.41, 5.74) is 3.74. The number of nitro benzene ring substituents is 1. The fourth-order valence-corrected chi connectivity index (χ4v) is 1.13. The Morgan fingerprint density at radius 3 is 2.37 bits per heavy atom. The predicted octanol–water partition coefficient (Wildman–Crippen LogP) is 1.40. The van der Waals surface area contributed by atoms with Crippen molar-refractivity contribution in [1.29, 1.82) is 0 Å². The highest BCUT2D eigenvalue weighted by Gasteiger charge is 2.21. The highest BCUT2D eigenvalue weighted by molar-refractivity contribution is 5.96. The molecule has 1 aromatic rings. The summed E-state index contributed by atoms with van der Waals surface area (Å²) in [6.45, 7) is 5.09. The molecule has 102 valence electrons. The second kappa shape index (κ2) is 5.47. The fraction of sp³-hybridized carbons (Fsp3) is 0.333. The van der Waals surface area contributed by atoms with E-state index in [2.05, 4.69) is 10.9 Å². The lowest BCUT2D eigenvalue weighted by atomic mass is 9.96. The Kier molecular flexibility index (Phi) is 4.21. The van der Waals surface area contributed by atoms with Crippen LogP contribution < -0.4 is 10.9 Å². The van der Waals surface area contributed by atoms with Crippen molar-refractivity contribution in [2.24, 2.45) is 5.41 Å². The zero-order chi connectivity index (χ0) is 14.6. The van der Waals surface area contributed by atoms with Crippen molar-refractivity contribution in [3.63, 3.8) is 0 Å². The van der Waals surface area contributed by atoms with Crippen molar-refractivity contribution in [2.45, 2.75) is 20.8 Å². The van der Waals surface area contributed by atoms with Gasteiger partial charge in [0.15, 0.2) is 0 Å². The van der Waals surface area contributed by atoms with Gasteiger partial charge >= 0.3 is 0 Å². The largest absolute Gasteiger partial charge is 0.273 e. The van der Waals surface area contributed by atoms with Crippen LogP contribution in [0.25, 0.3) is 0 Å². The number of rotatable bonds is 2. The van der Waals surface area contributed by atoms with Gasteiger partial charge in [0.05, 0.1) is 4.92 Å². The molecule has 7 heteroatoms. The number of hydrogen-bond acceptors (Lipinski definition) is 4. The molecule has 0 fully saturated rings. The monoisotopic (exact) mass is 265 g/mol. The van der Waals surface area contributed by atoms with Gasteiger partial charge < -0.3 is 0 Å². The molecular formula is C12H15N3O4. The fourth-order valence-electron chi connectivity index (χ4n) is 1.13. The third kappa shape index (κ3) is 4.06. The normalized spacial score (nSPS) is 10.7. The SMILES string of the molecule is CC(C)(C)C(=O)NNC(=O)c1cccc([N+](=O)[O-])c1. The smallest absolute Gasteiger partial charge is 0.270 e. The van der Waals surface area contributed by atoms with Crippen LogP contribution >= 0.6 is 0 Å². The molecule has 1 aromatic carbocycles. The first-order valence-electron chi connectivity index (χ1n) is 5.57. The first-order valence-corrected chi connectivity index (χ1v) is 5.57. The summed E-state index contributed by atoms with van der Waals surface area (Å²) in [7, 11) is 0. The van der Waals surface area contributed by atoms with E-state index in [0.29, 0.717) is 0 Å². The number of hydrazine groups is 1. The van der Waals surface area contributed by atoms with Gasteiger partial charge in [0, 0.05) is 23.1 Å². The number of nitrogens with zero attached hydrogens (tertiary/aromatic N) is 1. The highest BCUT2D eigenvalue weighted by atomic mass is 16.6. The first-order chi connectivity index (χ1) is 8.71. The van der Waals surface area contributed by atoms with Crippen LogP contribution in [0, 0.1) is 15.5 Å². The second-order valence-electron chi connectivity index (χ2n) is 4.97. The minimum atomic E-state index is -0.643. The Morgan fingerprint density at radius 2 is 1.84 bits per heavy atom. The molecule has 0 aromatic heterocycles. The molecule has 0 saturated heterocycles. The zero-order valence-corrected chi connectivity index (χ0v) is 10.9. The van der Waals surface area contributed by atoms with Gasteiger partial charge in [-0.1, -0.05) is 26.8 Å². The molecular weight excluding hydrogens is 250 g/mol. The molecule has 0 unspecified atom stereocenters. The molecule has 0 aliphatic carbocycles. The topological polar surface area (TPSA) is 101 Å². The molecule has 0 bridgehead atoms. The van der Waals surface area contributed by atoms with Gasteiger partial charge in [0.25, 0.3) is 11.6 Å². The summed E-state index contributed by atoms with van der Waals surface area (Å²) in [4.78, 5) is 33.2. The number of nitrogens with one attached hydrogen (secondary N) is 2. The Labute approximate surface area is 110 Å². The average Bonchev–Trinajstić information content (AvgIpc) is 2.34. The van der Waals surface area contributed by atoms with E-state index in [1.165, 1.54) is 18.2 Å². The van der Waals surface area contributed by atoms with Crippen molar-refractivity contribution in [3.8, 4) is 0 Å². The van der Waals surface area contributed by atoms with Crippen LogP contribution in [0.2, 0.25) is 0 Å². The van der Waals surface area contributed by atoms with E-state index in [1.54, 1.807) is 20.8 Å². The van der Waals surface area contributed by atoms with E-state index < -0.39 is 16.2 Å². The molecule has 0 spiro atoms. The van der Waals surface area contributed by atoms with Crippen molar-refractivity contribution < 1.29 is 14.5 Å². The van der Waals surface area contributed by atoms with E-state index in [-0.39, 0.29) is 17.2 Å². The third-order valence-electron chi connectivity index (χ3n) is 2.29. The highest BCUT2D eigenvalue weighted by Crippen LogP contribution is 2.13. The maximum absolute atomic E-state index is 11.7. The van der Waals surface area contributed by atoms with E-state index in [4.69, 9.17) is 0 Å². The molecule has 19 heavy (non-hydrogen) atoms. The Hall–Kier alpha value is -2.44. The molecule has 0 atom stereocenters. The van der Waals surface area contributed by atoms with Gasteiger partial charge in [0.1, 0.15) is 0 Å². The maximum Gasteiger partial charge on any atom is 0.270 e. The Bertz CT molecular complexity index is 520. The summed E-state index contributed by atoms with van der Waals surface area (Å²) >= 11 is 0. The molecule has 0 saturated carbocycles. The molecule has 7 nitrogen and oxygen atoms in total. The number of non-ortho nitro benzene ring substituents is 1. The number of carbonyl (C=O) groups is 2. The molecule has 0 aliphatic heterocycles. The summed E-state index contributed by atoms with van der Waals surface area (Å²) in [5, 5.41) is 10.6. The van der Waals surface area contributed by atoms with Crippen LogP contribution in [0.1, 0.15) is 31.1 Å². The van der Waals surface area contributed by atoms with E-state index in [1.807, 2.05) is 0 Å². The third-order valence-corrected chi connectivity index (χ3v) is 2.29. The van der Waals surface area contributed by atoms with Crippen molar-refractivity contribution in [2.75, 3.05) is 0 Å². The minimum absolute atomic E-state index is 0.100. The number of amides is 2. The van der Waals surface area contributed by atoms with Crippen LogP contribution in [0.15, 0.2) is 24.3 Å². The predicted molar refractivity (Wildman–Crippen MR) is 68.2 cm³/mol. The number of carbonyl (C=O) groups excluding carboxylic acids is 2. The molecule has 0 heterocycles. The quantitative estimate of drug-likeness (QED) is 0.623. The van der Waals surface area contributed by atoms with Crippen LogP contribution in [0.5, 0.6) is 0 Å². The molecule has 2 amide bonds. The Morgan fingerprint density at radius 1 is 1.21 bits per heavy atom. The maximum atomic E-state index is 11.7. The summed E-state index contributed by atoms with van der Waals surface area (Å²) < 4.78 is 0. The van der Waals surface area contributed by atoms with Crippen LogP contribution in [0.3, 0.4) is 0 Å². The second-order valence-corrected chi connectivity index (χ2v) is 4.97. The molecule has 0 aliphatic rings. The van der Waals surface area contributed by atoms with Crippen molar-refractivity contribution in [3.05, 3.63) is 39.9 Å².